The van der Waals surface area contributed by atoms with Gasteiger partial charge in [-0.3, -0.25) is 14.4 Å². The lowest BCUT2D eigenvalue weighted by molar-refractivity contribution is -0.126. The van der Waals surface area contributed by atoms with Gasteiger partial charge in [-0.1, -0.05) is 43.7 Å². The molecule has 0 spiro atoms. The highest BCUT2D eigenvalue weighted by Gasteiger charge is 2.21. The summed E-state index contributed by atoms with van der Waals surface area (Å²) in [7, 11) is 0. The molecule has 7 nitrogen and oxygen atoms in total. The van der Waals surface area contributed by atoms with Gasteiger partial charge in [-0.25, -0.2) is 13.8 Å². The summed E-state index contributed by atoms with van der Waals surface area (Å²) >= 11 is 1.18. The van der Waals surface area contributed by atoms with Gasteiger partial charge in [-0.2, -0.15) is 0 Å². The average molecular weight is 501 g/mol. The maximum Gasteiger partial charge on any atom is 0.248 e. The predicted molar refractivity (Wildman–Crippen MR) is 130 cm³/mol. The molecule has 0 saturated carbocycles. The van der Waals surface area contributed by atoms with E-state index < -0.39 is 29.5 Å². The predicted octanol–water partition coefficient (Wildman–Crippen LogP) is 3.75. The van der Waals surface area contributed by atoms with Crippen LogP contribution in [0.5, 0.6) is 0 Å². The molecule has 1 heterocycles. The van der Waals surface area contributed by atoms with Crippen LogP contribution in [-0.4, -0.2) is 28.7 Å². The van der Waals surface area contributed by atoms with Crippen LogP contribution in [0.2, 0.25) is 0 Å². The van der Waals surface area contributed by atoms with E-state index in [2.05, 4.69) is 20.9 Å². The SMILES string of the molecule is CCCC(NC(=O)Cc1cc(F)cc(F)c1)C(=O)Nc1nc(CC(=O)NCc2ccccc2)cs1. The van der Waals surface area contributed by atoms with Crippen molar-refractivity contribution in [3.63, 3.8) is 0 Å². The summed E-state index contributed by atoms with van der Waals surface area (Å²) in [5.41, 5.74) is 1.67. The molecule has 0 aliphatic rings. The third kappa shape index (κ3) is 8.56. The molecule has 3 amide bonds. The number of thiazole rings is 1. The molecule has 35 heavy (non-hydrogen) atoms. The van der Waals surface area contributed by atoms with E-state index in [0.29, 0.717) is 30.2 Å². The molecule has 0 saturated heterocycles. The van der Waals surface area contributed by atoms with Crippen LogP contribution >= 0.6 is 11.3 Å². The fraction of sp³-hybridized carbons (Fsp3) is 0.280. The number of nitrogens with zero attached hydrogens (tertiary/aromatic N) is 1. The first-order valence-electron chi connectivity index (χ1n) is 11.1. The van der Waals surface area contributed by atoms with Gasteiger partial charge in [0, 0.05) is 18.0 Å². The van der Waals surface area contributed by atoms with Gasteiger partial charge in [0.1, 0.15) is 17.7 Å². The number of carbonyl (C=O) groups excluding carboxylic acids is 3. The molecule has 3 rings (SSSR count). The Hall–Kier alpha value is -3.66. The standard InChI is InChI=1S/C25H26F2N4O3S/c1-2-6-21(30-23(33)11-17-9-18(26)12-19(27)10-17)24(34)31-25-29-20(15-35-25)13-22(32)28-14-16-7-4-3-5-8-16/h3-5,7-10,12,15,21H,2,6,11,13-14H2,1H3,(H,28,32)(H,30,33)(H,29,31,34). The lowest BCUT2D eigenvalue weighted by Crippen LogP contribution is -2.44. The molecule has 184 valence electrons. The number of nitrogens with one attached hydrogen (secondary N) is 3. The molecule has 0 aliphatic carbocycles. The average Bonchev–Trinajstić information content (AvgIpc) is 3.23. The van der Waals surface area contributed by atoms with Crippen LogP contribution in [0, 0.1) is 11.6 Å². The van der Waals surface area contributed by atoms with Gasteiger partial charge >= 0.3 is 0 Å². The molecule has 1 unspecified atom stereocenters. The molecular formula is C25H26F2N4O3S. The molecular weight excluding hydrogens is 474 g/mol. The minimum Gasteiger partial charge on any atom is -0.352 e. The van der Waals surface area contributed by atoms with Crippen LogP contribution in [0.15, 0.2) is 53.9 Å². The topological polar surface area (TPSA) is 100 Å². The van der Waals surface area contributed by atoms with Crippen LogP contribution in [0.3, 0.4) is 0 Å². The van der Waals surface area contributed by atoms with Crippen molar-refractivity contribution in [2.75, 3.05) is 5.32 Å². The quantitative estimate of drug-likeness (QED) is 0.373. The van der Waals surface area contributed by atoms with E-state index in [1.165, 1.54) is 11.3 Å². The number of amides is 3. The van der Waals surface area contributed by atoms with E-state index in [9.17, 15) is 23.2 Å². The fourth-order valence-electron chi connectivity index (χ4n) is 3.36. The summed E-state index contributed by atoms with van der Waals surface area (Å²) in [6.45, 7) is 2.28. The summed E-state index contributed by atoms with van der Waals surface area (Å²) in [5, 5.41) is 10.1. The van der Waals surface area contributed by atoms with Crippen molar-refractivity contribution in [1.82, 2.24) is 15.6 Å². The maximum absolute atomic E-state index is 13.4. The van der Waals surface area contributed by atoms with Crippen molar-refractivity contribution in [2.24, 2.45) is 0 Å². The van der Waals surface area contributed by atoms with E-state index >= 15 is 0 Å². The van der Waals surface area contributed by atoms with Gasteiger partial charge in [0.05, 0.1) is 18.5 Å². The Morgan fingerprint density at radius 1 is 0.971 bits per heavy atom. The maximum atomic E-state index is 13.4. The Bertz CT molecular complexity index is 1150. The van der Waals surface area contributed by atoms with Gasteiger partial charge in [-0.05, 0) is 29.7 Å². The number of carbonyl (C=O) groups is 3. The van der Waals surface area contributed by atoms with Crippen molar-refractivity contribution in [2.45, 2.75) is 45.2 Å². The van der Waals surface area contributed by atoms with Gasteiger partial charge in [0.15, 0.2) is 5.13 Å². The molecule has 10 heteroatoms. The number of anilines is 1. The van der Waals surface area contributed by atoms with Gasteiger partial charge in [0.2, 0.25) is 17.7 Å². The first kappa shape index (κ1) is 26.0. The minimum atomic E-state index is -0.840. The van der Waals surface area contributed by atoms with E-state index in [1.807, 2.05) is 37.3 Å². The molecule has 1 aromatic heterocycles. The fourth-order valence-corrected chi connectivity index (χ4v) is 4.08. The van der Waals surface area contributed by atoms with Crippen LogP contribution in [0.4, 0.5) is 13.9 Å². The second-order valence-electron chi connectivity index (χ2n) is 7.94. The van der Waals surface area contributed by atoms with E-state index in [4.69, 9.17) is 0 Å². The lowest BCUT2D eigenvalue weighted by atomic mass is 10.1. The van der Waals surface area contributed by atoms with Crippen LogP contribution in [-0.2, 0) is 33.8 Å². The smallest absolute Gasteiger partial charge is 0.248 e. The van der Waals surface area contributed by atoms with Crippen molar-refractivity contribution in [1.29, 1.82) is 0 Å². The largest absolute Gasteiger partial charge is 0.352 e. The highest BCUT2D eigenvalue weighted by Crippen LogP contribution is 2.17. The van der Waals surface area contributed by atoms with Crippen LogP contribution in [0.1, 0.15) is 36.6 Å². The van der Waals surface area contributed by atoms with Gasteiger partial charge in [-0.15, -0.1) is 11.3 Å². The number of rotatable bonds is 11. The molecule has 0 bridgehead atoms. The van der Waals surface area contributed by atoms with Crippen molar-refractivity contribution >= 4 is 34.2 Å². The molecule has 0 fully saturated rings. The Morgan fingerprint density at radius 2 is 1.69 bits per heavy atom. The summed E-state index contributed by atoms with van der Waals surface area (Å²) in [6, 6.07) is 11.6. The minimum absolute atomic E-state index is 0.0680. The van der Waals surface area contributed by atoms with E-state index in [0.717, 1.165) is 23.8 Å². The monoisotopic (exact) mass is 500 g/mol. The molecule has 1 atom stereocenters. The molecule has 3 N–H and O–H groups in total. The number of hydrogen-bond acceptors (Lipinski definition) is 5. The molecule has 2 aromatic carbocycles. The normalized spacial score (nSPS) is 11.5. The third-order valence-electron chi connectivity index (χ3n) is 4.97. The van der Waals surface area contributed by atoms with Gasteiger partial charge < -0.3 is 16.0 Å². The Morgan fingerprint density at radius 3 is 2.37 bits per heavy atom. The summed E-state index contributed by atoms with van der Waals surface area (Å²) in [4.78, 5) is 41.6. The first-order valence-corrected chi connectivity index (χ1v) is 12.0. The zero-order valence-electron chi connectivity index (χ0n) is 19.1. The molecule has 0 radical (unpaired) electrons. The number of hydrogen-bond donors (Lipinski definition) is 3. The Balaban J connectivity index is 1.51. The van der Waals surface area contributed by atoms with Crippen LogP contribution in [0.25, 0.3) is 0 Å². The lowest BCUT2D eigenvalue weighted by Gasteiger charge is -2.17. The summed E-state index contributed by atoms with van der Waals surface area (Å²) < 4.78 is 26.7. The number of benzene rings is 2. The second kappa shape index (κ2) is 12.7. The highest BCUT2D eigenvalue weighted by atomic mass is 32.1. The Labute approximate surface area is 206 Å². The summed E-state index contributed by atoms with van der Waals surface area (Å²) in [5.74, 6) is -2.73. The number of halogens is 2. The molecule has 0 aliphatic heterocycles. The van der Waals surface area contributed by atoms with Crippen molar-refractivity contribution in [3.8, 4) is 0 Å². The number of aromatic nitrogens is 1. The van der Waals surface area contributed by atoms with Crippen molar-refractivity contribution < 1.29 is 23.2 Å². The Kier molecular flexibility index (Phi) is 9.42. The highest BCUT2D eigenvalue weighted by molar-refractivity contribution is 7.13. The van der Waals surface area contributed by atoms with Crippen molar-refractivity contribution in [3.05, 3.63) is 82.4 Å². The first-order chi connectivity index (χ1) is 16.8. The molecule has 3 aromatic rings. The van der Waals surface area contributed by atoms with Gasteiger partial charge in [0.25, 0.3) is 0 Å². The van der Waals surface area contributed by atoms with E-state index in [-0.39, 0.29) is 24.3 Å². The zero-order valence-corrected chi connectivity index (χ0v) is 20.0. The second-order valence-corrected chi connectivity index (χ2v) is 8.79. The summed E-state index contributed by atoms with van der Waals surface area (Å²) in [6.07, 6.45) is 0.799. The third-order valence-corrected chi connectivity index (χ3v) is 5.78. The van der Waals surface area contributed by atoms with Crippen LogP contribution < -0.4 is 16.0 Å². The van der Waals surface area contributed by atoms with E-state index in [1.54, 1.807) is 5.38 Å². The zero-order chi connectivity index (χ0) is 25.2.